The van der Waals surface area contributed by atoms with Crippen LogP contribution in [-0.2, 0) is 6.42 Å². The summed E-state index contributed by atoms with van der Waals surface area (Å²) >= 11 is 0. The molecule has 0 saturated carbocycles. The van der Waals surface area contributed by atoms with Crippen LogP contribution < -0.4 is 4.74 Å². The number of aromatic carboxylic acids is 1. The zero-order chi connectivity index (χ0) is 15.2. The number of ether oxygens (including phenoxy) is 1. The summed E-state index contributed by atoms with van der Waals surface area (Å²) in [4.78, 5) is 11.2. The summed E-state index contributed by atoms with van der Waals surface area (Å²) in [5, 5.41) is 18.6. The molecule has 4 heteroatoms. The van der Waals surface area contributed by atoms with Gasteiger partial charge in [0, 0.05) is 0 Å². The Kier molecular flexibility index (Phi) is 4.57. The van der Waals surface area contributed by atoms with Gasteiger partial charge < -0.3 is 9.84 Å². The Morgan fingerprint density at radius 2 is 2.05 bits per heavy atom. The van der Waals surface area contributed by atoms with Crippen LogP contribution in [0.5, 0.6) is 5.75 Å². The molecule has 0 fully saturated rings. The molecule has 0 saturated heterocycles. The van der Waals surface area contributed by atoms with Gasteiger partial charge in [0.15, 0.2) is 0 Å². The molecule has 0 radical (unpaired) electrons. The molecule has 2 rings (SSSR count). The van der Waals surface area contributed by atoms with Crippen LogP contribution in [0.25, 0.3) is 0 Å². The zero-order valence-electron chi connectivity index (χ0n) is 11.6. The van der Waals surface area contributed by atoms with Gasteiger partial charge >= 0.3 is 5.97 Å². The van der Waals surface area contributed by atoms with E-state index in [0.29, 0.717) is 17.7 Å². The third kappa shape index (κ3) is 3.40. The van der Waals surface area contributed by atoms with E-state index in [1.54, 1.807) is 37.4 Å². The fraction of sp³-hybridized carbons (Fsp3) is 0.176. The Labute approximate surface area is 123 Å². The van der Waals surface area contributed by atoms with Crippen molar-refractivity contribution in [3.05, 3.63) is 65.2 Å². The highest BCUT2D eigenvalue weighted by Gasteiger charge is 2.16. The summed E-state index contributed by atoms with van der Waals surface area (Å²) < 4.78 is 5.16. The van der Waals surface area contributed by atoms with Gasteiger partial charge in [-0.1, -0.05) is 30.3 Å². The minimum Gasteiger partial charge on any atom is -0.497 e. The molecule has 0 heterocycles. The van der Waals surface area contributed by atoms with Crippen molar-refractivity contribution in [2.45, 2.75) is 12.3 Å². The maximum Gasteiger partial charge on any atom is 0.335 e. The number of hydrogen-bond acceptors (Lipinski definition) is 3. The highest BCUT2D eigenvalue weighted by molar-refractivity contribution is 5.89. The predicted molar refractivity (Wildman–Crippen MR) is 78.5 cm³/mol. The standard InChI is InChI=1S/C17H15NO3/c1-21-15-7-4-6-12(10-15)14(11-18)9-13-5-2-3-8-16(13)17(19)20/h2-8,10,14H,9H2,1H3,(H,19,20). The molecule has 0 amide bonds. The Bertz CT molecular complexity index is 688. The smallest absolute Gasteiger partial charge is 0.335 e. The molecule has 2 aromatic rings. The number of carbonyl (C=O) groups is 1. The Hall–Kier alpha value is -2.80. The predicted octanol–water partition coefficient (Wildman–Crippen LogP) is 3.24. The molecule has 0 bridgehead atoms. The fourth-order valence-electron chi connectivity index (χ4n) is 2.22. The van der Waals surface area contributed by atoms with Crippen molar-refractivity contribution in [2.24, 2.45) is 0 Å². The molecule has 0 aliphatic rings. The number of hydrogen-bond donors (Lipinski definition) is 1. The number of carboxylic acids is 1. The van der Waals surface area contributed by atoms with Crippen LogP contribution >= 0.6 is 0 Å². The van der Waals surface area contributed by atoms with Gasteiger partial charge in [0.2, 0.25) is 0 Å². The fourth-order valence-corrected chi connectivity index (χ4v) is 2.22. The van der Waals surface area contributed by atoms with E-state index in [4.69, 9.17) is 4.74 Å². The number of rotatable bonds is 5. The molecular weight excluding hydrogens is 266 g/mol. The lowest BCUT2D eigenvalue weighted by Crippen LogP contribution is -2.07. The lowest BCUT2D eigenvalue weighted by molar-refractivity contribution is 0.0695. The van der Waals surface area contributed by atoms with Crippen molar-refractivity contribution in [2.75, 3.05) is 7.11 Å². The van der Waals surface area contributed by atoms with Crippen molar-refractivity contribution >= 4 is 5.97 Å². The summed E-state index contributed by atoms with van der Waals surface area (Å²) in [6.45, 7) is 0. The number of nitriles is 1. The number of nitrogens with zero attached hydrogens (tertiary/aromatic N) is 1. The average Bonchev–Trinajstić information content (AvgIpc) is 2.52. The topological polar surface area (TPSA) is 70.3 Å². The number of carboxylic acid groups (broad SMARTS) is 1. The minimum atomic E-state index is -0.979. The van der Waals surface area contributed by atoms with E-state index in [1.807, 2.05) is 18.2 Å². The molecule has 21 heavy (non-hydrogen) atoms. The molecule has 1 N–H and O–H groups in total. The first-order valence-electron chi connectivity index (χ1n) is 6.50. The lowest BCUT2D eigenvalue weighted by atomic mass is 9.91. The van der Waals surface area contributed by atoms with Crippen LogP contribution in [0, 0.1) is 11.3 Å². The van der Waals surface area contributed by atoms with Crippen molar-refractivity contribution in [3.8, 4) is 11.8 Å². The second-order valence-electron chi connectivity index (χ2n) is 4.62. The summed E-state index contributed by atoms with van der Waals surface area (Å²) in [5.74, 6) is -0.715. The van der Waals surface area contributed by atoms with Gasteiger partial charge in [0.1, 0.15) is 5.75 Å². The minimum absolute atomic E-state index is 0.237. The summed E-state index contributed by atoms with van der Waals surface area (Å²) in [5.41, 5.74) is 1.71. The largest absolute Gasteiger partial charge is 0.497 e. The Balaban J connectivity index is 2.32. The van der Waals surface area contributed by atoms with Gasteiger partial charge in [-0.3, -0.25) is 0 Å². The van der Waals surface area contributed by atoms with Crippen LogP contribution in [0.15, 0.2) is 48.5 Å². The van der Waals surface area contributed by atoms with Crippen LogP contribution in [0.2, 0.25) is 0 Å². The highest BCUT2D eigenvalue weighted by atomic mass is 16.5. The van der Waals surface area contributed by atoms with E-state index in [1.165, 1.54) is 0 Å². The average molecular weight is 281 g/mol. The SMILES string of the molecule is COc1cccc(C(C#N)Cc2ccccc2C(=O)O)c1. The van der Waals surface area contributed by atoms with Crippen LogP contribution in [0.4, 0.5) is 0 Å². The molecule has 0 aromatic heterocycles. The van der Waals surface area contributed by atoms with Gasteiger partial charge in [-0.2, -0.15) is 5.26 Å². The quantitative estimate of drug-likeness (QED) is 0.913. The van der Waals surface area contributed by atoms with Gasteiger partial charge in [-0.15, -0.1) is 0 Å². The highest BCUT2D eigenvalue weighted by Crippen LogP contribution is 2.25. The van der Waals surface area contributed by atoms with Crippen molar-refractivity contribution in [1.29, 1.82) is 5.26 Å². The van der Waals surface area contributed by atoms with Crippen molar-refractivity contribution < 1.29 is 14.6 Å². The second-order valence-corrected chi connectivity index (χ2v) is 4.62. The second kappa shape index (κ2) is 6.58. The van der Waals surface area contributed by atoms with E-state index in [9.17, 15) is 15.2 Å². The molecule has 0 aliphatic heterocycles. The van der Waals surface area contributed by atoms with Gasteiger partial charge in [-0.25, -0.2) is 4.79 Å². The number of benzene rings is 2. The maximum absolute atomic E-state index is 11.2. The summed E-state index contributed by atoms with van der Waals surface area (Å²) in [7, 11) is 1.57. The van der Waals surface area contributed by atoms with Gasteiger partial charge in [-0.05, 0) is 35.7 Å². The third-order valence-corrected chi connectivity index (χ3v) is 3.32. The van der Waals surface area contributed by atoms with Gasteiger partial charge in [0.25, 0.3) is 0 Å². The molecule has 4 nitrogen and oxygen atoms in total. The van der Waals surface area contributed by atoms with Crippen molar-refractivity contribution in [1.82, 2.24) is 0 Å². The third-order valence-electron chi connectivity index (χ3n) is 3.32. The van der Waals surface area contributed by atoms with Crippen LogP contribution in [-0.4, -0.2) is 18.2 Å². The van der Waals surface area contributed by atoms with E-state index in [2.05, 4.69) is 6.07 Å². The molecule has 1 unspecified atom stereocenters. The van der Waals surface area contributed by atoms with E-state index in [-0.39, 0.29) is 5.56 Å². The molecule has 106 valence electrons. The molecule has 1 atom stereocenters. The summed E-state index contributed by atoms with van der Waals surface area (Å²) in [6.07, 6.45) is 0.353. The molecule has 0 aliphatic carbocycles. The lowest BCUT2D eigenvalue weighted by Gasteiger charge is -2.12. The zero-order valence-corrected chi connectivity index (χ0v) is 11.6. The first-order valence-corrected chi connectivity index (χ1v) is 6.50. The van der Waals surface area contributed by atoms with E-state index in [0.717, 1.165) is 5.56 Å². The Morgan fingerprint density at radius 3 is 2.71 bits per heavy atom. The monoisotopic (exact) mass is 281 g/mol. The molecule has 2 aromatic carbocycles. The van der Waals surface area contributed by atoms with Crippen LogP contribution in [0.3, 0.4) is 0 Å². The Morgan fingerprint density at radius 1 is 1.29 bits per heavy atom. The molecule has 0 spiro atoms. The maximum atomic E-state index is 11.2. The van der Waals surface area contributed by atoms with Crippen molar-refractivity contribution in [3.63, 3.8) is 0 Å². The van der Waals surface area contributed by atoms with E-state index >= 15 is 0 Å². The number of methoxy groups -OCH3 is 1. The first-order chi connectivity index (χ1) is 10.2. The first kappa shape index (κ1) is 14.6. The summed E-state index contributed by atoms with van der Waals surface area (Å²) in [6, 6.07) is 16.3. The van der Waals surface area contributed by atoms with Gasteiger partial charge in [0.05, 0.1) is 24.7 Å². The molecular formula is C17H15NO3. The normalized spacial score (nSPS) is 11.4. The van der Waals surface area contributed by atoms with Crippen LogP contribution in [0.1, 0.15) is 27.4 Å². The van der Waals surface area contributed by atoms with E-state index < -0.39 is 11.9 Å².